The molecule has 4 rings (SSSR count). The van der Waals surface area contributed by atoms with Crippen LogP contribution in [0, 0.1) is 5.92 Å². The van der Waals surface area contributed by atoms with E-state index in [2.05, 4.69) is 6.92 Å². The van der Waals surface area contributed by atoms with Crippen molar-refractivity contribution in [3.8, 4) is 17.2 Å². The molecule has 1 aliphatic carbocycles. The number of carbonyl (C=O) groups is 2. The van der Waals surface area contributed by atoms with Crippen molar-refractivity contribution in [3.63, 3.8) is 0 Å². The first kappa shape index (κ1) is 27.4. The molecule has 0 aromatic heterocycles. The van der Waals surface area contributed by atoms with Crippen molar-refractivity contribution in [3.05, 3.63) is 64.9 Å². The van der Waals surface area contributed by atoms with Gasteiger partial charge in [0.1, 0.15) is 23.2 Å². The summed E-state index contributed by atoms with van der Waals surface area (Å²) >= 11 is 0. The van der Waals surface area contributed by atoms with Gasteiger partial charge in [-0.05, 0) is 61.6 Å². The van der Waals surface area contributed by atoms with Crippen molar-refractivity contribution in [2.45, 2.75) is 57.8 Å². The number of nitrogens with zero attached hydrogens (tertiary/aromatic N) is 1. The zero-order valence-corrected chi connectivity index (χ0v) is 22.9. The van der Waals surface area contributed by atoms with E-state index >= 15 is 0 Å². The van der Waals surface area contributed by atoms with Gasteiger partial charge >= 0.3 is 5.97 Å². The number of aliphatic imine (C=N–C) groups is 1. The lowest BCUT2D eigenvalue weighted by Crippen LogP contribution is -2.38. The number of hydrogen-bond acceptors (Lipinski definition) is 7. The van der Waals surface area contributed by atoms with E-state index in [0.717, 1.165) is 41.8 Å². The first-order valence-corrected chi connectivity index (χ1v) is 13.3. The van der Waals surface area contributed by atoms with E-state index in [1.165, 1.54) is 0 Å². The molecule has 7 heteroatoms. The van der Waals surface area contributed by atoms with Crippen LogP contribution in [0.25, 0.3) is 0 Å². The van der Waals surface area contributed by atoms with Gasteiger partial charge < -0.3 is 18.9 Å². The van der Waals surface area contributed by atoms with Crippen LogP contribution in [0.15, 0.2) is 58.7 Å². The quantitative estimate of drug-likeness (QED) is 0.282. The summed E-state index contributed by atoms with van der Waals surface area (Å²) in [5.41, 5.74) is 3.72. The Balaban J connectivity index is 1.77. The Bertz CT molecular complexity index is 1230. The molecule has 3 atom stereocenters. The third-order valence-corrected chi connectivity index (χ3v) is 7.49. The molecule has 2 aliphatic rings. The number of methoxy groups -OCH3 is 3. The van der Waals surface area contributed by atoms with E-state index in [0.29, 0.717) is 42.2 Å². The predicted molar refractivity (Wildman–Crippen MR) is 146 cm³/mol. The molecule has 0 radical (unpaired) electrons. The highest BCUT2D eigenvalue weighted by Crippen LogP contribution is 2.49. The first-order chi connectivity index (χ1) is 18.4. The lowest BCUT2D eigenvalue weighted by molar-refractivity contribution is -0.146. The Morgan fingerprint density at radius 2 is 1.66 bits per heavy atom. The minimum absolute atomic E-state index is 0.00546. The number of ketones is 1. The van der Waals surface area contributed by atoms with Crippen LogP contribution in [-0.2, 0) is 14.3 Å². The normalized spacial score (nSPS) is 20.9. The molecule has 0 spiro atoms. The number of esters is 1. The summed E-state index contributed by atoms with van der Waals surface area (Å²) in [5, 5.41) is 0. The van der Waals surface area contributed by atoms with Gasteiger partial charge in [0.15, 0.2) is 5.78 Å². The van der Waals surface area contributed by atoms with Gasteiger partial charge in [0.05, 0.1) is 27.9 Å². The zero-order chi connectivity index (χ0) is 27.2. The maximum absolute atomic E-state index is 13.9. The van der Waals surface area contributed by atoms with Crippen LogP contribution in [-0.4, -0.2) is 45.4 Å². The van der Waals surface area contributed by atoms with Gasteiger partial charge in [-0.15, -0.1) is 0 Å². The van der Waals surface area contributed by atoms with Gasteiger partial charge in [0.25, 0.3) is 0 Å². The van der Waals surface area contributed by atoms with E-state index in [1.807, 2.05) is 49.4 Å². The molecule has 202 valence electrons. The Hall–Kier alpha value is -3.61. The largest absolute Gasteiger partial charge is 0.497 e. The SMILES string of the molecule is CCCCCOC(=O)C1C(C)=NC2=C(C(=O)C[C@@H](c3ccc(OC)cc3)C2)[C@@H]1c1cc(OC)ccc1OC. The zero-order valence-electron chi connectivity index (χ0n) is 22.9. The van der Waals surface area contributed by atoms with Crippen LogP contribution < -0.4 is 14.2 Å². The molecule has 0 bridgehead atoms. The van der Waals surface area contributed by atoms with Gasteiger partial charge in [0.2, 0.25) is 0 Å². The van der Waals surface area contributed by atoms with E-state index < -0.39 is 11.8 Å². The predicted octanol–water partition coefficient (Wildman–Crippen LogP) is 6.02. The maximum Gasteiger partial charge on any atom is 0.315 e. The van der Waals surface area contributed by atoms with Crippen LogP contribution >= 0.6 is 0 Å². The third kappa shape index (κ3) is 5.62. The fourth-order valence-corrected chi connectivity index (χ4v) is 5.51. The van der Waals surface area contributed by atoms with E-state index in [1.54, 1.807) is 21.3 Å². The van der Waals surface area contributed by atoms with E-state index in [-0.39, 0.29) is 17.7 Å². The van der Waals surface area contributed by atoms with Gasteiger partial charge in [-0.3, -0.25) is 14.6 Å². The lowest BCUT2D eigenvalue weighted by atomic mass is 9.69. The average Bonchev–Trinajstić information content (AvgIpc) is 2.94. The van der Waals surface area contributed by atoms with Gasteiger partial charge in [-0.1, -0.05) is 31.9 Å². The molecule has 0 saturated carbocycles. The number of rotatable bonds is 10. The smallest absolute Gasteiger partial charge is 0.315 e. The Kier molecular flexibility index (Phi) is 8.87. The number of unbranched alkanes of at least 4 members (excludes halogenated alkanes) is 2. The average molecular weight is 520 g/mol. The van der Waals surface area contributed by atoms with Crippen LogP contribution in [0.1, 0.15) is 68.9 Å². The number of carbonyl (C=O) groups excluding carboxylic acids is 2. The maximum atomic E-state index is 13.9. The van der Waals surface area contributed by atoms with Crippen molar-refractivity contribution in [2.24, 2.45) is 10.9 Å². The molecule has 1 aliphatic heterocycles. The van der Waals surface area contributed by atoms with Gasteiger partial charge in [-0.25, -0.2) is 0 Å². The van der Waals surface area contributed by atoms with Crippen molar-refractivity contribution in [1.82, 2.24) is 0 Å². The topological polar surface area (TPSA) is 83.4 Å². The van der Waals surface area contributed by atoms with Crippen molar-refractivity contribution in [1.29, 1.82) is 0 Å². The highest BCUT2D eigenvalue weighted by molar-refractivity contribution is 6.09. The number of benzene rings is 2. The number of hydrogen-bond donors (Lipinski definition) is 0. The summed E-state index contributed by atoms with van der Waals surface area (Å²) in [6, 6.07) is 13.3. The third-order valence-electron chi connectivity index (χ3n) is 7.49. The standard InChI is InChI=1S/C31H37NO6/c1-6-7-8-15-38-31(34)28-19(2)32-25-16-21(20-9-11-22(35-3)12-10-20)17-26(33)30(25)29(28)24-18-23(36-4)13-14-27(24)37-5/h9-14,18,21,28-29H,6-8,15-17H2,1-5H3/t21-,28?,29+/m0/s1. The van der Waals surface area contributed by atoms with Crippen LogP contribution in [0.5, 0.6) is 17.2 Å². The highest BCUT2D eigenvalue weighted by Gasteiger charge is 2.46. The molecule has 0 N–H and O–H groups in total. The first-order valence-electron chi connectivity index (χ1n) is 13.3. The minimum atomic E-state index is -0.724. The van der Waals surface area contributed by atoms with Crippen molar-refractivity contribution in [2.75, 3.05) is 27.9 Å². The molecule has 0 saturated heterocycles. The molecular formula is C31H37NO6. The summed E-state index contributed by atoms with van der Waals surface area (Å²) < 4.78 is 22.2. The number of allylic oxidation sites excluding steroid dienone is 2. The van der Waals surface area contributed by atoms with E-state index in [9.17, 15) is 9.59 Å². The second-order valence-corrected chi connectivity index (χ2v) is 9.85. The van der Waals surface area contributed by atoms with Gasteiger partial charge in [0, 0.05) is 34.9 Å². The highest BCUT2D eigenvalue weighted by atomic mass is 16.5. The van der Waals surface area contributed by atoms with Crippen LogP contribution in [0.4, 0.5) is 0 Å². The van der Waals surface area contributed by atoms with Gasteiger partial charge in [-0.2, -0.15) is 0 Å². The number of Topliss-reactive ketones (excluding diaryl/α,β-unsaturated/α-hetero) is 1. The Labute approximate surface area is 224 Å². The summed E-state index contributed by atoms with van der Waals surface area (Å²) in [5.74, 6) is 0.301. The molecule has 1 heterocycles. The molecule has 0 fully saturated rings. The van der Waals surface area contributed by atoms with Crippen LogP contribution in [0.3, 0.4) is 0 Å². The monoisotopic (exact) mass is 519 g/mol. The fraction of sp³-hybridized carbons (Fsp3) is 0.452. The lowest BCUT2D eigenvalue weighted by Gasteiger charge is -2.37. The van der Waals surface area contributed by atoms with E-state index in [4.69, 9.17) is 23.9 Å². The minimum Gasteiger partial charge on any atom is -0.497 e. The fourth-order valence-electron chi connectivity index (χ4n) is 5.51. The molecular weight excluding hydrogens is 482 g/mol. The summed E-state index contributed by atoms with van der Waals surface area (Å²) in [6.45, 7) is 4.30. The summed E-state index contributed by atoms with van der Waals surface area (Å²) in [6.07, 6.45) is 3.76. The van der Waals surface area contributed by atoms with Crippen molar-refractivity contribution < 1.29 is 28.5 Å². The molecule has 2 aromatic carbocycles. The second kappa shape index (κ2) is 12.3. The van der Waals surface area contributed by atoms with Crippen LogP contribution in [0.2, 0.25) is 0 Å². The molecule has 38 heavy (non-hydrogen) atoms. The van der Waals surface area contributed by atoms with Crippen molar-refractivity contribution >= 4 is 17.5 Å². The Morgan fingerprint density at radius 1 is 0.947 bits per heavy atom. The molecule has 1 unspecified atom stereocenters. The summed E-state index contributed by atoms with van der Waals surface area (Å²) in [4.78, 5) is 32.2. The number of ether oxygens (including phenoxy) is 4. The molecule has 7 nitrogen and oxygen atoms in total. The molecule has 0 amide bonds. The Morgan fingerprint density at radius 3 is 2.32 bits per heavy atom. The summed E-state index contributed by atoms with van der Waals surface area (Å²) in [7, 11) is 4.81. The second-order valence-electron chi connectivity index (χ2n) is 9.85. The molecule has 2 aromatic rings.